The SMILES string of the molecule is COc1nn([C@H](C)C(=O)N/N=C(/C)c2ccc(NC(=O)[C@H](C)Oc3ccc(Cl)cc3C)cc2)cc1[N+](=O)[O-]. The van der Waals surface area contributed by atoms with E-state index in [1.165, 1.54) is 14.0 Å². The quantitative estimate of drug-likeness (QED) is 0.220. The second-order valence-corrected chi connectivity index (χ2v) is 8.78. The van der Waals surface area contributed by atoms with Gasteiger partial charge in [-0.3, -0.25) is 19.7 Å². The number of hydrogen-bond acceptors (Lipinski definition) is 8. The summed E-state index contributed by atoms with van der Waals surface area (Å²) in [4.78, 5) is 35.5. The van der Waals surface area contributed by atoms with Gasteiger partial charge in [0.05, 0.1) is 17.7 Å². The number of anilines is 1. The molecule has 0 aliphatic carbocycles. The Morgan fingerprint density at radius 2 is 1.84 bits per heavy atom. The van der Waals surface area contributed by atoms with Crippen LogP contribution in [0.3, 0.4) is 0 Å². The maximum absolute atomic E-state index is 12.6. The van der Waals surface area contributed by atoms with E-state index in [0.29, 0.717) is 27.7 Å². The molecule has 1 aromatic heterocycles. The summed E-state index contributed by atoms with van der Waals surface area (Å²) in [6.45, 7) is 6.71. The molecule has 200 valence electrons. The fourth-order valence-corrected chi connectivity index (χ4v) is 3.51. The van der Waals surface area contributed by atoms with Crippen molar-refractivity contribution in [3.8, 4) is 11.6 Å². The molecular weight excluding hydrogens is 516 g/mol. The van der Waals surface area contributed by atoms with E-state index in [1.54, 1.807) is 56.3 Å². The van der Waals surface area contributed by atoms with Gasteiger partial charge in [-0.05, 0) is 69.2 Å². The molecule has 0 saturated carbocycles. The van der Waals surface area contributed by atoms with Crippen LogP contribution in [-0.4, -0.2) is 45.4 Å². The first kappa shape index (κ1) is 28.1. The number of carbonyl (C=O) groups is 2. The molecule has 12 nitrogen and oxygen atoms in total. The number of aryl methyl sites for hydroxylation is 1. The van der Waals surface area contributed by atoms with Crippen LogP contribution < -0.4 is 20.2 Å². The van der Waals surface area contributed by atoms with Gasteiger partial charge in [0.1, 0.15) is 18.0 Å². The van der Waals surface area contributed by atoms with Gasteiger partial charge in [0.25, 0.3) is 11.8 Å². The lowest BCUT2D eigenvalue weighted by Gasteiger charge is -2.16. The molecule has 0 saturated heterocycles. The van der Waals surface area contributed by atoms with Gasteiger partial charge < -0.3 is 14.8 Å². The monoisotopic (exact) mass is 542 g/mol. The number of halogens is 1. The molecule has 0 bridgehead atoms. The lowest BCUT2D eigenvalue weighted by molar-refractivity contribution is -0.385. The Morgan fingerprint density at radius 3 is 2.42 bits per heavy atom. The number of benzene rings is 2. The summed E-state index contributed by atoms with van der Waals surface area (Å²) in [6.07, 6.45) is 0.376. The number of carbonyl (C=O) groups excluding carboxylic acids is 2. The average Bonchev–Trinajstić information content (AvgIpc) is 3.33. The Balaban J connectivity index is 1.58. The maximum atomic E-state index is 12.6. The number of nitro groups is 1. The lowest BCUT2D eigenvalue weighted by atomic mass is 10.1. The van der Waals surface area contributed by atoms with Gasteiger partial charge in [-0.2, -0.15) is 5.10 Å². The van der Waals surface area contributed by atoms with E-state index < -0.39 is 23.0 Å². The van der Waals surface area contributed by atoms with Gasteiger partial charge in [-0.25, -0.2) is 10.1 Å². The highest BCUT2D eigenvalue weighted by molar-refractivity contribution is 6.30. The molecule has 2 aromatic carbocycles. The van der Waals surface area contributed by atoms with E-state index in [1.807, 2.05) is 6.92 Å². The Kier molecular flexibility index (Phi) is 9.02. The van der Waals surface area contributed by atoms with Crippen molar-refractivity contribution in [3.05, 3.63) is 74.9 Å². The Bertz CT molecular complexity index is 1370. The minimum Gasteiger partial charge on any atom is -0.481 e. The highest BCUT2D eigenvalue weighted by Gasteiger charge is 2.25. The average molecular weight is 543 g/mol. The number of rotatable bonds is 10. The smallest absolute Gasteiger partial charge is 0.350 e. The Labute approximate surface area is 223 Å². The molecule has 3 rings (SSSR count). The molecule has 0 aliphatic rings. The molecule has 2 amide bonds. The number of amides is 2. The third kappa shape index (κ3) is 6.85. The van der Waals surface area contributed by atoms with Crippen LogP contribution in [0.5, 0.6) is 11.6 Å². The van der Waals surface area contributed by atoms with E-state index in [4.69, 9.17) is 21.1 Å². The summed E-state index contributed by atoms with van der Waals surface area (Å²) in [5.41, 5.74) is 4.67. The molecule has 0 spiro atoms. The van der Waals surface area contributed by atoms with Crippen molar-refractivity contribution in [1.82, 2.24) is 15.2 Å². The largest absolute Gasteiger partial charge is 0.481 e. The first-order chi connectivity index (χ1) is 18.0. The van der Waals surface area contributed by atoms with Crippen LogP contribution in [-0.2, 0) is 9.59 Å². The summed E-state index contributed by atoms with van der Waals surface area (Å²) < 4.78 is 11.8. The van der Waals surface area contributed by atoms with Crippen molar-refractivity contribution < 1.29 is 24.0 Å². The van der Waals surface area contributed by atoms with Crippen molar-refractivity contribution in [2.24, 2.45) is 5.10 Å². The van der Waals surface area contributed by atoms with Crippen molar-refractivity contribution in [3.63, 3.8) is 0 Å². The minimum absolute atomic E-state index is 0.192. The van der Waals surface area contributed by atoms with Crippen molar-refractivity contribution in [2.75, 3.05) is 12.4 Å². The van der Waals surface area contributed by atoms with E-state index in [-0.39, 0.29) is 17.5 Å². The van der Waals surface area contributed by atoms with Crippen molar-refractivity contribution in [2.45, 2.75) is 39.8 Å². The summed E-state index contributed by atoms with van der Waals surface area (Å²) in [6, 6.07) is 11.2. The fraction of sp³-hybridized carbons (Fsp3) is 0.280. The van der Waals surface area contributed by atoms with Crippen LogP contribution >= 0.6 is 11.6 Å². The van der Waals surface area contributed by atoms with Gasteiger partial charge in [0.2, 0.25) is 0 Å². The van der Waals surface area contributed by atoms with E-state index in [0.717, 1.165) is 16.4 Å². The van der Waals surface area contributed by atoms with Crippen LogP contribution in [0.2, 0.25) is 5.02 Å². The molecule has 1 heterocycles. The lowest BCUT2D eigenvalue weighted by Crippen LogP contribution is -2.30. The van der Waals surface area contributed by atoms with Crippen LogP contribution in [0.15, 0.2) is 53.8 Å². The number of ether oxygens (including phenoxy) is 2. The molecule has 38 heavy (non-hydrogen) atoms. The fourth-order valence-electron chi connectivity index (χ4n) is 3.28. The Morgan fingerprint density at radius 1 is 1.16 bits per heavy atom. The van der Waals surface area contributed by atoms with Gasteiger partial charge in [0, 0.05) is 10.7 Å². The predicted octanol–water partition coefficient (Wildman–Crippen LogP) is 4.27. The number of hydrazone groups is 1. The first-order valence-corrected chi connectivity index (χ1v) is 11.8. The van der Waals surface area contributed by atoms with Crippen LogP contribution in [0.1, 0.15) is 37.9 Å². The zero-order chi connectivity index (χ0) is 28.0. The third-order valence-electron chi connectivity index (χ3n) is 5.56. The zero-order valence-corrected chi connectivity index (χ0v) is 22.1. The van der Waals surface area contributed by atoms with Gasteiger partial charge in [-0.1, -0.05) is 23.7 Å². The highest BCUT2D eigenvalue weighted by Crippen LogP contribution is 2.26. The molecule has 0 aliphatic heterocycles. The van der Waals surface area contributed by atoms with Crippen LogP contribution in [0, 0.1) is 17.0 Å². The van der Waals surface area contributed by atoms with Crippen molar-refractivity contribution in [1.29, 1.82) is 0 Å². The van der Waals surface area contributed by atoms with E-state index in [2.05, 4.69) is 20.9 Å². The standard InChI is InChI=1S/C25H27ClN6O6/c1-14-12-19(26)8-11-22(14)38-17(4)24(34)27-20-9-6-18(7-10-20)15(2)28-29-23(33)16(3)31-13-21(32(35)36)25(30-31)37-5/h6-13,16-17H,1-5H3,(H,27,34)(H,29,33)/b28-15-/t16-,17+/m1/s1. The topological polar surface area (TPSA) is 150 Å². The molecular formula is C25H27ClN6O6. The molecule has 0 unspecified atom stereocenters. The summed E-state index contributed by atoms with van der Waals surface area (Å²) >= 11 is 5.96. The summed E-state index contributed by atoms with van der Waals surface area (Å²) in [5.74, 6) is -0.476. The van der Waals surface area contributed by atoms with Crippen molar-refractivity contribution >= 4 is 40.5 Å². The zero-order valence-electron chi connectivity index (χ0n) is 21.4. The number of hydrogen-bond donors (Lipinski definition) is 2. The maximum Gasteiger partial charge on any atom is 0.350 e. The molecule has 2 N–H and O–H groups in total. The van der Waals surface area contributed by atoms with Gasteiger partial charge in [0.15, 0.2) is 6.10 Å². The van der Waals surface area contributed by atoms with Gasteiger partial charge in [-0.15, -0.1) is 5.10 Å². The summed E-state index contributed by atoms with van der Waals surface area (Å²) in [7, 11) is 1.26. The number of aromatic nitrogens is 2. The highest BCUT2D eigenvalue weighted by atomic mass is 35.5. The van der Waals surface area contributed by atoms with E-state index in [9.17, 15) is 19.7 Å². The second kappa shape index (κ2) is 12.2. The number of nitrogens with one attached hydrogen (secondary N) is 2. The normalized spacial score (nSPS) is 12.8. The third-order valence-corrected chi connectivity index (χ3v) is 5.80. The molecule has 13 heteroatoms. The summed E-state index contributed by atoms with van der Waals surface area (Å²) in [5, 5.41) is 22.5. The van der Waals surface area contributed by atoms with Crippen LogP contribution in [0.25, 0.3) is 0 Å². The number of methoxy groups -OCH3 is 1. The minimum atomic E-state index is -0.882. The van der Waals surface area contributed by atoms with E-state index >= 15 is 0 Å². The molecule has 2 atom stereocenters. The molecule has 3 aromatic rings. The Hall–Kier alpha value is -4.45. The predicted molar refractivity (Wildman–Crippen MR) is 142 cm³/mol. The number of nitrogens with zero attached hydrogens (tertiary/aromatic N) is 4. The first-order valence-electron chi connectivity index (χ1n) is 11.5. The van der Waals surface area contributed by atoms with Crippen LogP contribution in [0.4, 0.5) is 11.4 Å². The second-order valence-electron chi connectivity index (χ2n) is 8.35. The molecule has 0 radical (unpaired) electrons. The molecule has 0 fully saturated rings. The van der Waals surface area contributed by atoms with Gasteiger partial charge >= 0.3 is 11.6 Å².